The Balaban J connectivity index is 2.35. The maximum Gasteiger partial charge on any atom is 0.00792 e. The molecular formula is C7H16N2. The quantitative estimate of drug-likeness (QED) is 0.498. The van der Waals surface area contributed by atoms with Gasteiger partial charge in [0, 0.05) is 12.1 Å². The van der Waals surface area contributed by atoms with E-state index in [1.807, 2.05) is 0 Å². The highest BCUT2D eigenvalue weighted by Crippen LogP contribution is 2.20. The topological polar surface area (TPSA) is 52.0 Å². The second-order valence-corrected chi connectivity index (χ2v) is 3.21. The van der Waals surface area contributed by atoms with Crippen LogP contribution in [-0.2, 0) is 0 Å². The molecule has 0 heterocycles. The molecule has 1 aliphatic rings. The maximum absolute atomic E-state index is 5.79. The first-order valence-corrected chi connectivity index (χ1v) is 3.71. The molecule has 0 saturated heterocycles. The summed E-state index contributed by atoms with van der Waals surface area (Å²) in [4.78, 5) is 0. The van der Waals surface area contributed by atoms with Crippen LogP contribution in [0.4, 0.5) is 0 Å². The minimum atomic E-state index is 0.355. The molecule has 0 unspecified atom stereocenters. The van der Waals surface area contributed by atoms with Gasteiger partial charge in [-0.1, -0.05) is 6.92 Å². The van der Waals surface area contributed by atoms with Gasteiger partial charge in [-0.05, 0) is 25.2 Å². The Labute approximate surface area is 56.6 Å². The van der Waals surface area contributed by atoms with Crippen molar-refractivity contribution in [3.8, 4) is 0 Å². The molecule has 1 rings (SSSR count). The van der Waals surface area contributed by atoms with E-state index >= 15 is 0 Å². The van der Waals surface area contributed by atoms with Crippen LogP contribution in [0.2, 0.25) is 0 Å². The van der Waals surface area contributed by atoms with Crippen molar-refractivity contribution in [2.45, 2.75) is 38.3 Å². The normalized spacial score (nSPS) is 45.0. The fourth-order valence-corrected chi connectivity index (χ4v) is 1.39. The van der Waals surface area contributed by atoms with Gasteiger partial charge < -0.3 is 11.5 Å². The largest absolute Gasteiger partial charge is 0.328 e. The molecule has 0 aromatic heterocycles. The molecule has 2 nitrogen and oxygen atoms in total. The standard InChI is InChI=1S/C7H16N2/c1-5-2-3-6(8)4-7(5)9/h5-7H,2-4,8-9H2,1H3/t5-,6+,7+/m0/s1. The van der Waals surface area contributed by atoms with Crippen molar-refractivity contribution < 1.29 is 0 Å². The van der Waals surface area contributed by atoms with Crippen LogP contribution < -0.4 is 11.5 Å². The van der Waals surface area contributed by atoms with Gasteiger partial charge >= 0.3 is 0 Å². The highest BCUT2D eigenvalue weighted by molar-refractivity contribution is 4.81. The molecule has 0 aliphatic heterocycles. The molecule has 0 bridgehead atoms. The summed E-state index contributed by atoms with van der Waals surface area (Å²) >= 11 is 0. The van der Waals surface area contributed by atoms with Crippen molar-refractivity contribution in [3.63, 3.8) is 0 Å². The summed E-state index contributed by atoms with van der Waals surface area (Å²) in [5.74, 6) is 0.685. The van der Waals surface area contributed by atoms with Crippen molar-refractivity contribution in [1.29, 1.82) is 0 Å². The SMILES string of the molecule is C[C@H]1CC[C@@H](N)C[C@H]1N. The van der Waals surface area contributed by atoms with Crippen LogP contribution in [-0.4, -0.2) is 12.1 Å². The predicted molar refractivity (Wildman–Crippen MR) is 39.0 cm³/mol. The van der Waals surface area contributed by atoms with E-state index < -0.39 is 0 Å². The third-order valence-corrected chi connectivity index (χ3v) is 2.30. The minimum absolute atomic E-state index is 0.355. The molecule has 9 heavy (non-hydrogen) atoms. The monoisotopic (exact) mass is 128 g/mol. The lowest BCUT2D eigenvalue weighted by Gasteiger charge is -2.29. The lowest BCUT2D eigenvalue weighted by molar-refractivity contribution is 0.301. The average Bonchev–Trinajstić information content (AvgIpc) is 1.80. The van der Waals surface area contributed by atoms with E-state index in [4.69, 9.17) is 11.5 Å². The van der Waals surface area contributed by atoms with E-state index in [-0.39, 0.29) is 0 Å². The van der Waals surface area contributed by atoms with Crippen LogP contribution in [0, 0.1) is 5.92 Å². The van der Waals surface area contributed by atoms with E-state index in [2.05, 4.69) is 6.92 Å². The zero-order valence-electron chi connectivity index (χ0n) is 6.01. The molecule has 54 valence electrons. The first-order chi connectivity index (χ1) is 4.20. The smallest absolute Gasteiger partial charge is 0.00792 e. The number of nitrogens with two attached hydrogens (primary N) is 2. The molecule has 0 aromatic rings. The summed E-state index contributed by atoms with van der Waals surface area (Å²) in [6.07, 6.45) is 3.39. The van der Waals surface area contributed by atoms with Crippen LogP contribution in [0.3, 0.4) is 0 Å². The van der Waals surface area contributed by atoms with Crippen LogP contribution in [0.1, 0.15) is 26.2 Å². The molecule has 1 saturated carbocycles. The Bertz CT molecular complexity index is 92.9. The Morgan fingerprint density at radius 3 is 2.33 bits per heavy atom. The van der Waals surface area contributed by atoms with Gasteiger partial charge in [-0.15, -0.1) is 0 Å². The van der Waals surface area contributed by atoms with Crippen molar-refractivity contribution in [2.75, 3.05) is 0 Å². The fraction of sp³-hybridized carbons (Fsp3) is 1.00. The zero-order chi connectivity index (χ0) is 6.85. The second kappa shape index (κ2) is 2.67. The first-order valence-electron chi connectivity index (χ1n) is 3.71. The van der Waals surface area contributed by atoms with E-state index in [0.717, 1.165) is 12.8 Å². The molecule has 0 radical (unpaired) electrons. The van der Waals surface area contributed by atoms with E-state index in [9.17, 15) is 0 Å². The highest BCUT2D eigenvalue weighted by atomic mass is 14.7. The zero-order valence-corrected chi connectivity index (χ0v) is 6.01. The summed E-state index contributed by atoms with van der Waals surface area (Å²) < 4.78 is 0. The Morgan fingerprint density at radius 2 is 1.89 bits per heavy atom. The van der Waals surface area contributed by atoms with Crippen molar-refractivity contribution in [3.05, 3.63) is 0 Å². The summed E-state index contributed by atoms with van der Waals surface area (Å²) in [6.45, 7) is 2.20. The molecule has 3 atom stereocenters. The molecule has 1 aliphatic carbocycles. The molecule has 0 amide bonds. The molecule has 0 aromatic carbocycles. The Hall–Kier alpha value is -0.0800. The lowest BCUT2D eigenvalue weighted by Crippen LogP contribution is -2.40. The fourth-order valence-electron chi connectivity index (χ4n) is 1.39. The van der Waals surface area contributed by atoms with Crippen molar-refractivity contribution in [2.24, 2.45) is 17.4 Å². The molecule has 2 heteroatoms. The van der Waals surface area contributed by atoms with Gasteiger partial charge in [-0.2, -0.15) is 0 Å². The van der Waals surface area contributed by atoms with E-state index in [1.54, 1.807) is 0 Å². The van der Waals surface area contributed by atoms with Crippen LogP contribution in [0.25, 0.3) is 0 Å². The minimum Gasteiger partial charge on any atom is -0.328 e. The third-order valence-electron chi connectivity index (χ3n) is 2.30. The Morgan fingerprint density at radius 1 is 1.22 bits per heavy atom. The van der Waals surface area contributed by atoms with Gasteiger partial charge in [-0.25, -0.2) is 0 Å². The molecular weight excluding hydrogens is 112 g/mol. The number of rotatable bonds is 0. The van der Waals surface area contributed by atoms with Crippen molar-refractivity contribution >= 4 is 0 Å². The summed E-state index contributed by atoms with van der Waals surface area (Å²) in [6, 6.07) is 0.727. The second-order valence-electron chi connectivity index (χ2n) is 3.21. The first kappa shape index (κ1) is 7.03. The van der Waals surface area contributed by atoms with Gasteiger partial charge in [-0.3, -0.25) is 0 Å². The van der Waals surface area contributed by atoms with Crippen LogP contribution in [0.15, 0.2) is 0 Å². The van der Waals surface area contributed by atoms with Gasteiger partial charge in [0.05, 0.1) is 0 Å². The maximum atomic E-state index is 5.79. The summed E-state index contributed by atoms with van der Waals surface area (Å²) in [5, 5.41) is 0. The molecule has 4 N–H and O–H groups in total. The molecule has 1 fully saturated rings. The summed E-state index contributed by atoms with van der Waals surface area (Å²) in [7, 11) is 0. The van der Waals surface area contributed by atoms with Gasteiger partial charge in [0.25, 0.3) is 0 Å². The van der Waals surface area contributed by atoms with Crippen molar-refractivity contribution in [1.82, 2.24) is 0 Å². The number of hydrogen-bond donors (Lipinski definition) is 2. The van der Waals surface area contributed by atoms with Gasteiger partial charge in [0.2, 0.25) is 0 Å². The van der Waals surface area contributed by atoms with E-state index in [0.29, 0.717) is 18.0 Å². The summed E-state index contributed by atoms with van der Waals surface area (Å²) in [5.41, 5.74) is 11.5. The van der Waals surface area contributed by atoms with Crippen LogP contribution in [0.5, 0.6) is 0 Å². The third kappa shape index (κ3) is 1.66. The average molecular weight is 128 g/mol. The number of hydrogen-bond acceptors (Lipinski definition) is 2. The molecule has 0 spiro atoms. The van der Waals surface area contributed by atoms with Gasteiger partial charge in [0.15, 0.2) is 0 Å². The van der Waals surface area contributed by atoms with Crippen LogP contribution >= 0.6 is 0 Å². The highest BCUT2D eigenvalue weighted by Gasteiger charge is 2.21. The van der Waals surface area contributed by atoms with Gasteiger partial charge in [0.1, 0.15) is 0 Å². The van der Waals surface area contributed by atoms with E-state index in [1.165, 1.54) is 6.42 Å². The Kier molecular flexibility index (Phi) is 2.09. The lowest BCUT2D eigenvalue weighted by atomic mass is 9.84. The predicted octanol–water partition coefficient (Wildman–Crippen LogP) is 0.461.